The summed E-state index contributed by atoms with van der Waals surface area (Å²) < 4.78 is 15.8. The van der Waals surface area contributed by atoms with Gasteiger partial charge >= 0.3 is 6.09 Å². The van der Waals surface area contributed by atoms with Crippen molar-refractivity contribution in [1.29, 1.82) is 0 Å². The number of alkyl carbamates (subject to hydrolysis) is 1. The lowest BCUT2D eigenvalue weighted by Gasteiger charge is -2.42. The summed E-state index contributed by atoms with van der Waals surface area (Å²) in [5.74, 6) is -8.69. The molecule has 0 saturated heterocycles. The van der Waals surface area contributed by atoms with Gasteiger partial charge in [0.05, 0.1) is 32.1 Å². The second-order valence-electron chi connectivity index (χ2n) is 28.6. The van der Waals surface area contributed by atoms with Crippen LogP contribution in [-0.2, 0) is 67.0 Å². The van der Waals surface area contributed by atoms with Gasteiger partial charge in [-0.3, -0.25) is 58.1 Å². The molecule has 98 heavy (non-hydrogen) atoms. The van der Waals surface area contributed by atoms with Gasteiger partial charge in [-0.25, -0.2) is 4.79 Å². The van der Waals surface area contributed by atoms with E-state index in [1.54, 1.807) is 40.7 Å². The number of allylic oxidation sites excluding steroid dienone is 2. The summed E-state index contributed by atoms with van der Waals surface area (Å²) in [5, 5.41) is 25.3. The fourth-order valence-electron chi connectivity index (χ4n) is 11.2. The largest absolute Gasteiger partial charge is 0.444 e. The van der Waals surface area contributed by atoms with Gasteiger partial charge < -0.3 is 80.6 Å². The van der Waals surface area contributed by atoms with Crippen LogP contribution in [-0.4, -0.2) is 266 Å². The average Bonchev–Trinajstić information content (AvgIpc) is 0.807. The maximum Gasteiger partial charge on any atom is 0.409 e. The number of nitrogens with one attached hydrogen (secondary N) is 5. The zero-order chi connectivity index (χ0) is 76.1. The van der Waals surface area contributed by atoms with Gasteiger partial charge in [0, 0.05) is 69.7 Å². The van der Waals surface area contributed by atoms with Crippen LogP contribution in [0.4, 0.5) is 4.79 Å². The molecule has 0 bridgehead atoms. The molecule has 0 aromatic carbocycles. The molecule has 13 atom stereocenters. The van der Waals surface area contributed by atoms with Crippen molar-refractivity contribution < 1.29 is 76.9 Å². The maximum absolute atomic E-state index is 15.2. The number of hydrogen-bond donors (Lipinski definition) is 7. The normalized spacial score (nSPS) is 15.7. The van der Waals surface area contributed by atoms with Gasteiger partial charge in [0.1, 0.15) is 67.2 Å². The van der Waals surface area contributed by atoms with E-state index in [2.05, 4.69) is 26.6 Å². The van der Waals surface area contributed by atoms with Crippen LogP contribution < -0.4 is 32.3 Å². The highest BCUT2D eigenvalue weighted by atomic mass is 16.6. The molecule has 0 aliphatic rings. The molecule has 29 heteroatoms. The van der Waals surface area contributed by atoms with Crippen molar-refractivity contribution in [2.75, 3.05) is 83.1 Å². The van der Waals surface area contributed by atoms with Gasteiger partial charge in [-0.1, -0.05) is 102 Å². The molecule has 0 aromatic rings. The quantitative estimate of drug-likeness (QED) is 0.0262. The minimum absolute atomic E-state index is 0.00935. The molecule has 12 amide bonds. The zero-order valence-electron chi connectivity index (χ0n) is 64.0. The Hall–Kier alpha value is -6.98. The summed E-state index contributed by atoms with van der Waals surface area (Å²) >= 11 is 0. The highest BCUT2D eigenvalue weighted by Crippen LogP contribution is 2.26. The number of aliphatic hydroxyl groups is 1. The Kier molecular flexibility index (Phi) is 41.1. The molecular formula is C69H127N13O16. The van der Waals surface area contributed by atoms with Crippen LogP contribution >= 0.6 is 0 Å². The summed E-state index contributed by atoms with van der Waals surface area (Å²) in [6.45, 7) is 31.2. The van der Waals surface area contributed by atoms with Crippen molar-refractivity contribution in [1.82, 2.24) is 60.9 Å². The van der Waals surface area contributed by atoms with E-state index in [4.69, 9.17) is 19.9 Å². The minimum atomic E-state index is -1.42. The topological polar surface area (TPSA) is 362 Å². The molecule has 0 fully saturated rings. The summed E-state index contributed by atoms with van der Waals surface area (Å²) in [5.41, 5.74) is 5.31. The first-order valence-corrected chi connectivity index (χ1v) is 34.4. The standard InChI is InChI=1S/C69H127N13O16/c1-27-28-29-45(14)59(85)50(36-55(84)74-57(66(92)76(19)20)48(17)98-69(95)71-38-97-31-30-96-37-70)78(22)68(94)58(44(12)13)82(26)65(91)54(35-42(8)9)81(25)64(90)53(34-41(6)7)80(24)63(89)47(16)73-60(86)46(15)72-61(87)52(33-40(4)5)79(23)67(93)56(43(10)11)75-62(88)51(32-39(2)3)77(21)49(18)83/h27-28,39-48,50-54,56-59,85H,29-38,70H2,1-26H3,(H,71,95)(H,72,87)(H,73,86)(H,74,84)(H,75,88)/b28-27+. The molecule has 0 spiro atoms. The fourth-order valence-corrected chi connectivity index (χ4v) is 11.2. The third kappa shape index (κ3) is 29.5. The SMILES string of the molecule is C/C=C/CC(C)C(O)C(CC(=O)NC(C(=O)N(C)C)C(C)OC(=O)NCOCCOCN)N(C)C(=O)C(C(C)C)N(C)C(=O)C(CC(C)C)N(C)C(=O)C(CC(C)C)N(C)C(=O)C(C)NC(=O)C(C)NC(=O)C(CC(C)C)N(C)C(=O)C(NC(=O)C(CC(C)C)N(C)C(C)=O)C(C)C. The van der Waals surface area contributed by atoms with E-state index < -0.39 is 162 Å². The second kappa shape index (κ2) is 44.2. The first-order valence-electron chi connectivity index (χ1n) is 34.4. The van der Waals surface area contributed by atoms with Crippen LogP contribution in [0.25, 0.3) is 0 Å². The zero-order valence-corrected chi connectivity index (χ0v) is 64.0. The van der Waals surface area contributed by atoms with Gasteiger partial charge in [-0.15, -0.1) is 0 Å². The van der Waals surface area contributed by atoms with E-state index in [0.717, 1.165) is 0 Å². The molecule has 0 aliphatic heterocycles. The van der Waals surface area contributed by atoms with E-state index in [9.17, 15) is 48.3 Å². The molecule has 0 aliphatic carbocycles. The third-order valence-electron chi connectivity index (χ3n) is 17.3. The van der Waals surface area contributed by atoms with Gasteiger partial charge in [0.25, 0.3) is 0 Å². The summed E-state index contributed by atoms with van der Waals surface area (Å²) in [6.07, 6.45) is 0.708. The van der Waals surface area contributed by atoms with Crippen molar-refractivity contribution >= 4 is 71.1 Å². The van der Waals surface area contributed by atoms with E-state index in [0.29, 0.717) is 12.8 Å². The van der Waals surface area contributed by atoms with Gasteiger partial charge in [0.15, 0.2) is 0 Å². The van der Waals surface area contributed by atoms with E-state index in [-0.39, 0.29) is 75.5 Å². The molecule has 0 radical (unpaired) electrons. The van der Waals surface area contributed by atoms with Crippen LogP contribution in [0.5, 0.6) is 0 Å². The van der Waals surface area contributed by atoms with Crippen LogP contribution in [0.15, 0.2) is 12.2 Å². The lowest BCUT2D eigenvalue weighted by Crippen LogP contribution is -2.61. The number of amides is 12. The van der Waals surface area contributed by atoms with Crippen molar-refractivity contribution in [3.05, 3.63) is 12.2 Å². The number of nitrogens with zero attached hydrogens (tertiary/aromatic N) is 7. The highest BCUT2D eigenvalue weighted by Gasteiger charge is 2.44. The van der Waals surface area contributed by atoms with E-state index in [1.807, 2.05) is 68.4 Å². The Balaban J connectivity index is 7.03. The summed E-state index contributed by atoms with van der Waals surface area (Å²) in [4.78, 5) is 178. The number of carbonyl (C=O) groups excluding carboxylic acids is 12. The second-order valence-corrected chi connectivity index (χ2v) is 28.6. The molecule has 564 valence electrons. The van der Waals surface area contributed by atoms with E-state index >= 15 is 14.4 Å². The fraction of sp³-hybridized carbons (Fsp3) is 0.797. The Bertz CT molecular complexity index is 2620. The summed E-state index contributed by atoms with van der Waals surface area (Å²) in [7, 11) is 11.6. The lowest BCUT2D eigenvalue weighted by molar-refractivity contribution is -0.156. The van der Waals surface area contributed by atoms with Crippen molar-refractivity contribution in [2.24, 2.45) is 47.2 Å². The molecule has 0 saturated carbocycles. The third-order valence-corrected chi connectivity index (χ3v) is 17.3. The van der Waals surface area contributed by atoms with Crippen molar-refractivity contribution in [3.8, 4) is 0 Å². The van der Waals surface area contributed by atoms with E-state index in [1.165, 1.54) is 118 Å². The molecule has 13 unspecified atom stereocenters. The molecule has 8 N–H and O–H groups in total. The highest BCUT2D eigenvalue weighted by molar-refractivity contribution is 5.98. The van der Waals surface area contributed by atoms with Crippen LogP contribution in [0, 0.1) is 41.4 Å². The Labute approximate surface area is 584 Å². The smallest absolute Gasteiger partial charge is 0.409 e. The van der Waals surface area contributed by atoms with Gasteiger partial charge in [-0.2, -0.15) is 0 Å². The average molecular weight is 1390 g/mol. The number of rotatable bonds is 43. The molecule has 0 heterocycles. The number of carbonyl (C=O) groups is 12. The van der Waals surface area contributed by atoms with Crippen LogP contribution in [0.3, 0.4) is 0 Å². The number of aliphatic hydroxyl groups excluding tert-OH is 1. The first kappa shape index (κ1) is 91.0. The number of likely N-dealkylation sites (N-methyl/N-ethyl adjacent to an activating group) is 7. The number of nitrogens with two attached hydrogens (primary N) is 1. The van der Waals surface area contributed by atoms with Crippen LogP contribution in [0.1, 0.15) is 163 Å². The van der Waals surface area contributed by atoms with Gasteiger partial charge in [0.2, 0.25) is 65.0 Å². The van der Waals surface area contributed by atoms with Crippen LogP contribution in [0.2, 0.25) is 0 Å². The lowest BCUT2D eigenvalue weighted by atomic mass is 9.90. The number of hydrogen-bond acceptors (Lipinski definition) is 17. The Morgan fingerprint density at radius 3 is 1.39 bits per heavy atom. The molecule has 29 nitrogen and oxygen atoms in total. The maximum atomic E-state index is 15.2. The minimum Gasteiger partial charge on any atom is -0.444 e. The first-order chi connectivity index (χ1) is 45.3. The van der Waals surface area contributed by atoms with Crippen molar-refractivity contribution in [2.45, 2.75) is 236 Å². The van der Waals surface area contributed by atoms with Gasteiger partial charge in [-0.05, 0) is 101 Å². The predicted octanol–water partition coefficient (Wildman–Crippen LogP) is 2.91. The molecule has 0 aromatic heterocycles. The Morgan fingerprint density at radius 1 is 0.480 bits per heavy atom. The molecule has 0 rings (SSSR count). The monoisotopic (exact) mass is 1390 g/mol. The molecular weight excluding hydrogens is 1270 g/mol. The van der Waals surface area contributed by atoms with Crippen molar-refractivity contribution in [3.63, 3.8) is 0 Å². The summed E-state index contributed by atoms with van der Waals surface area (Å²) in [6, 6.07) is -11.8. The number of ether oxygens (including phenoxy) is 3. The predicted molar refractivity (Wildman–Crippen MR) is 374 cm³/mol. The Morgan fingerprint density at radius 2 is 0.929 bits per heavy atom.